The van der Waals surface area contributed by atoms with Crippen molar-refractivity contribution in [3.63, 3.8) is 0 Å². The van der Waals surface area contributed by atoms with Crippen LogP contribution in [-0.4, -0.2) is 16.0 Å². The Hall–Kier alpha value is -2.17. The van der Waals surface area contributed by atoms with Gasteiger partial charge in [0.05, 0.1) is 0 Å². The molecule has 2 aromatic rings. The zero-order valence-electron chi connectivity index (χ0n) is 12.8. The van der Waals surface area contributed by atoms with Crippen molar-refractivity contribution < 1.29 is 4.39 Å². The van der Waals surface area contributed by atoms with Gasteiger partial charge in [-0.25, -0.2) is 9.37 Å². The van der Waals surface area contributed by atoms with E-state index in [0.29, 0.717) is 18.5 Å². The highest BCUT2D eigenvalue weighted by Gasteiger charge is 2.16. The van der Waals surface area contributed by atoms with Crippen molar-refractivity contribution in [2.45, 2.75) is 45.2 Å². The average Bonchev–Trinajstić information content (AvgIpc) is 2.99. The summed E-state index contributed by atoms with van der Waals surface area (Å²) in [6.45, 7) is 2.57. The van der Waals surface area contributed by atoms with Crippen LogP contribution in [0.15, 0.2) is 30.3 Å². The van der Waals surface area contributed by atoms with Crippen LogP contribution in [0.1, 0.15) is 36.9 Å². The van der Waals surface area contributed by atoms with Crippen molar-refractivity contribution in [3.05, 3.63) is 47.4 Å². The molecule has 0 saturated heterocycles. The zero-order valence-corrected chi connectivity index (χ0v) is 12.8. The highest BCUT2D eigenvalue weighted by molar-refractivity contribution is 5.43. The third kappa shape index (κ3) is 3.93. The Balaban J connectivity index is 1.65. The van der Waals surface area contributed by atoms with Gasteiger partial charge < -0.3 is 10.6 Å². The predicted molar refractivity (Wildman–Crippen MR) is 86.4 cm³/mol. The molecule has 0 unspecified atom stereocenters. The van der Waals surface area contributed by atoms with Gasteiger partial charge in [-0.3, -0.25) is 0 Å². The summed E-state index contributed by atoms with van der Waals surface area (Å²) in [5.41, 5.74) is 1.94. The average molecular weight is 300 g/mol. The summed E-state index contributed by atoms with van der Waals surface area (Å²) in [4.78, 5) is 8.97. The smallest absolute Gasteiger partial charge is 0.225 e. The number of hydrogen-bond donors (Lipinski definition) is 2. The molecule has 1 aromatic heterocycles. The molecule has 1 aromatic carbocycles. The maximum absolute atomic E-state index is 12.9. The summed E-state index contributed by atoms with van der Waals surface area (Å²) in [5, 5.41) is 6.69. The van der Waals surface area contributed by atoms with Crippen LogP contribution in [0.3, 0.4) is 0 Å². The van der Waals surface area contributed by atoms with Crippen LogP contribution >= 0.6 is 0 Å². The van der Waals surface area contributed by atoms with Gasteiger partial charge in [-0.1, -0.05) is 25.0 Å². The first-order chi connectivity index (χ1) is 10.7. The molecule has 116 valence electrons. The number of nitrogens with one attached hydrogen (secondary N) is 2. The minimum atomic E-state index is -0.218. The maximum atomic E-state index is 12.9. The van der Waals surface area contributed by atoms with Gasteiger partial charge in [-0.2, -0.15) is 4.98 Å². The molecule has 1 aliphatic rings. The highest BCUT2D eigenvalue weighted by Crippen LogP contribution is 2.21. The summed E-state index contributed by atoms with van der Waals surface area (Å²) < 4.78 is 12.9. The fourth-order valence-electron chi connectivity index (χ4n) is 2.77. The lowest BCUT2D eigenvalue weighted by atomic mass is 10.2. The molecule has 22 heavy (non-hydrogen) atoms. The molecule has 0 aliphatic heterocycles. The quantitative estimate of drug-likeness (QED) is 0.879. The van der Waals surface area contributed by atoms with E-state index < -0.39 is 0 Å². The predicted octanol–water partition coefficient (Wildman–Crippen LogP) is 3.89. The number of anilines is 2. The minimum Gasteiger partial charge on any atom is -0.366 e. The largest absolute Gasteiger partial charge is 0.366 e. The lowest BCUT2D eigenvalue weighted by Gasteiger charge is -2.14. The molecular weight excluding hydrogens is 279 g/mol. The van der Waals surface area contributed by atoms with Crippen LogP contribution in [0.5, 0.6) is 0 Å². The molecule has 0 radical (unpaired) electrons. The van der Waals surface area contributed by atoms with E-state index in [0.717, 1.165) is 17.1 Å². The van der Waals surface area contributed by atoms with E-state index in [1.165, 1.54) is 37.8 Å². The summed E-state index contributed by atoms with van der Waals surface area (Å²) in [6, 6.07) is 8.89. The molecule has 5 heteroatoms. The Kier molecular flexibility index (Phi) is 4.51. The Morgan fingerprint density at radius 1 is 1.14 bits per heavy atom. The second-order valence-electron chi connectivity index (χ2n) is 5.82. The molecule has 2 N–H and O–H groups in total. The monoisotopic (exact) mass is 300 g/mol. The summed E-state index contributed by atoms with van der Waals surface area (Å²) >= 11 is 0. The summed E-state index contributed by atoms with van der Waals surface area (Å²) in [7, 11) is 0. The fourth-order valence-corrected chi connectivity index (χ4v) is 2.77. The van der Waals surface area contributed by atoms with E-state index in [1.54, 1.807) is 12.1 Å². The van der Waals surface area contributed by atoms with Crippen LogP contribution in [0.25, 0.3) is 0 Å². The lowest BCUT2D eigenvalue weighted by molar-refractivity contribution is 0.627. The van der Waals surface area contributed by atoms with Gasteiger partial charge >= 0.3 is 0 Å². The van der Waals surface area contributed by atoms with E-state index >= 15 is 0 Å². The number of benzene rings is 1. The van der Waals surface area contributed by atoms with Crippen molar-refractivity contribution >= 4 is 11.8 Å². The van der Waals surface area contributed by atoms with Gasteiger partial charge in [0.2, 0.25) is 5.95 Å². The number of nitrogens with zero attached hydrogens (tertiary/aromatic N) is 2. The number of aromatic nitrogens is 2. The Morgan fingerprint density at radius 2 is 1.86 bits per heavy atom. The highest BCUT2D eigenvalue weighted by atomic mass is 19.1. The third-order valence-corrected chi connectivity index (χ3v) is 3.93. The molecule has 1 heterocycles. The third-order valence-electron chi connectivity index (χ3n) is 3.93. The molecule has 0 atom stereocenters. The van der Waals surface area contributed by atoms with Crippen LogP contribution < -0.4 is 10.6 Å². The Morgan fingerprint density at radius 3 is 2.59 bits per heavy atom. The van der Waals surface area contributed by atoms with Crippen molar-refractivity contribution in [1.82, 2.24) is 9.97 Å². The van der Waals surface area contributed by atoms with Crippen LogP contribution in [0.2, 0.25) is 0 Å². The standard InChI is InChI=1S/C17H21FN4/c1-12-10-16(19-11-13-6-8-14(18)9-7-13)22-17(20-12)21-15-4-2-3-5-15/h6-10,15H,2-5,11H2,1H3,(H2,19,20,21,22). The van der Waals surface area contributed by atoms with Gasteiger partial charge in [0, 0.05) is 24.3 Å². The zero-order chi connectivity index (χ0) is 15.4. The van der Waals surface area contributed by atoms with Gasteiger partial charge in [-0.15, -0.1) is 0 Å². The maximum Gasteiger partial charge on any atom is 0.225 e. The minimum absolute atomic E-state index is 0.218. The van der Waals surface area contributed by atoms with Crippen molar-refractivity contribution in [2.24, 2.45) is 0 Å². The molecule has 1 saturated carbocycles. The van der Waals surface area contributed by atoms with Gasteiger partial charge in [-0.05, 0) is 37.5 Å². The van der Waals surface area contributed by atoms with E-state index in [1.807, 2.05) is 13.0 Å². The van der Waals surface area contributed by atoms with Crippen molar-refractivity contribution in [2.75, 3.05) is 10.6 Å². The molecule has 0 bridgehead atoms. The van der Waals surface area contributed by atoms with E-state index in [2.05, 4.69) is 20.6 Å². The van der Waals surface area contributed by atoms with Crippen LogP contribution in [0, 0.1) is 12.7 Å². The molecule has 0 amide bonds. The first kappa shape index (κ1) is 14.8. The number of aryl methyl sites for hydroxylation is 1. The van der Waals surface area contributed by atoms with E-state index in [9.17, 15) is 4.39 Å². The second-order valence-corrected chi connectivity index (χ2v) is 5.82. The molecule has 4 nitrogen and oxygen atoms in total. The lowest BCUT2D eigenvalue weighted by Crippen LogP contribution is -2.17. The molecule has 1 aliphatic carbocycles. The SMILES string of the molecule is Cc1cc(NCc2ccc(F)cc2)nc(NC2CCCC2)n1. The molecule has 0 spiro atoms. The first-order valence-electron chi connectivity index (χ1n) is 7.79. The fraction of sp³-hybridized carbons (Fsp3) is 0.412. The van der Waals surface area contributed by atoms with Gasteiger partial charge in [0.1, 0.15) is 11.6 Å². The second kappa shape index (κ2) is 6.73. The Bertz CT molecular complexity index is 621. The topological polar surface area (TPSA) is 49.8 Å². The summed E-state index contributed by atoms with van der Waals surface area (Å²) in [5.74, 6) is 1.26. The molecule has 1 fully saturated rings. The molecule has 3 rings (SSSR count). The number of halogens is 1. The summed E-state index contributed by atoms with van der Waals surface area (Å²) in [6.07, 6.45) is 4.93. The normalized spacial score (nSPS) is 15.0. The number of hydrogen-bond acceptors (Lipinski definition) is 4. The first-order valence-corrected chi connectivity index (χ1v) is 7.79. The van der Waals surface area contributed by atoms with E-state index in [-0.39, 0.29) is 5.82 Å². The van der Waals surface area contributed by atoms with Crippen LogP contribution in [-0.2, 0) is 6.54 Å². The van der Waals surface area contributed by atoms with Gasteiger partial charge in [0.15, 0.2) is 0 Å². The van der Waals surface area contributed by atoms with Crippen molar-refractivity contribution in [3.8, 4) is 0 Å². The van der Waals surface area contributed by atoms with Crippen LogP contribution in [0.4, 0.5) is 16.2 Å². The van der Waals surface area contributed by atoms with Crippen molar-refractivity contribution in [1.29, 1.82) is 0 Å². The van der Waals surface area contributed by atoms with Gasteiger partial charge in [0.25, 0.3) is 0 Å². The number of rotatable bonds is 5. The van der Waals surface area contributed by atoms with E-state index in [4.69, 9.17) is 0 Å². The Labute approximate surface area is 130 Å². The molecular formula is C17H21FN4.